The van der Waals surface area contributed by atoms with Gasteiger partial charge in [0, 0.05) is 27.7 Å². The van der Waals surface area contributed by atoms with Crippen LogP contribution < -0.4 is 10.7 Å². The first kappa shape index (κ1) is 17.5. The van der Waals surface area contributed by atoms with Crippen LogP contribution in [0.5, 0.6) is 0 Å². The number of halogens is 2. The number of nitrogens with zero attached hydrogens (tertiary/aromatic N) is 1. The van der Waals surface area contributed by atoms with Gasteiger partial charge in [0.15, 0.2) is 5.43 Å². The Morgan fingerprint density at radius 3 is 2.48 bits per heavy atom. The number of fused-ring (bicyclic) bond motifs is 1. The number of carbonyl (C=O) groups excluding carboxylic acids is 1. The van der Waals surface area contributed by atoms with Crippen molar-refractivity contribution in [2.24, 2.45) is 0 Å². The Hall–Kier alpha value is -2.30. The standard InChI is InChI=1S/C19H16Cl2N2O2/c1-12(13-2-4-14(20)5-3-13)22-19(25)11-23-9-8-18(24)16-7-6-15(21)10-17(16)23/h2-10,12H,11H2,1H3,(H,22,25)/t12-/m1/s1. The Bertz CT molecular complexity index is 981. The molecule has 128 valence electrons. The molecule has 0 bridgehead atoms. The second-order valence-electron chi connectivity index (χ2n) is 5.81. The average Bonchev–Trinajstić information content (AvgIpc) is 2.58. The topological polar surface area (TPSA) is 51.1 Å². The summed E-state index contributed by atoms with van der Waals surface area (Å²) in [5.41, 5.74) is 1.50. The summed E-state index contributed by atoms with van der Waals surface area (Å²) in [6.45, 7) is 2.00. The van der Waals surface area contributed by atoms with Crippen LogP contribution in [0.15, 0.2) is 59.5 Å². The van der Waals surface area contributed by atoms with Gasteiger partial charge < -0.3 is 9.88 Å². The number of benzene rings is 2. The van der Waals surface area contributed by atoms with Crippen LogP contribution in [0.1, 0.15) is 18.5 Å². The maximum Gasteiger partial charge on any atom is 0.240 e. The first-order valence-corrected chi connectivity index (χ1v) is 8.53. The molecule has 3 aromatic rings. The fourth-order valence-electron chi connectivity index (χ4n) is 2.69. The van der Waals surface area contributed by atoms with Crippen LogP contribution in [0.3, 0.4) is 0 Å². The lowest BCUT2D eigenvalue weighted by atomic mass is 10.1. The highest BCUT2D eigenvalue weighted by Crippen LogP contribution is 2.18. The monoisotopic (exact) mass is 374 g/mol. The van der Waals surface area contributed by atoms with E-state index in [1.807, 2.05) is 19.1 Å². The third kappa shape index (κ3) is 4.03. The van der Waals surface area contributed by atoms with E-state index in [9.17, 15) is 9.59 Å². The summed E-state index contributed by atoms with van der Waals surface area (Å²) in [7, 11) is 0. The van der Waals surface area contributed by atoms with Crippen molar-refractivity contribution < 1.29 is 4.79 Å². The van der Waals surface area contributed by atoms with Crippen molar-refractivity contribution in [1.29, 1.82) is 0 Å². The Morgan fingerprint density at radius 2 is 1.76 bits per heavy atom. The van der Waals surface area contributed by atoms with Crippen molar-refractivity contribution in [1.82, 2.24) is 9.88 Å². The van der Waals surface area contributed by atoms with Crippen LogP contribution in [-0.4, -0.2) is 10.5 Å². The molecule has 0 aliphatic rings. The average molecular weight is 375 g/mol. The number of rotatable bonds is 4. The van der Waals surface area contributed by atoms with E-state index in [0.717, 1.165) is 5.56 Å². The highest BCUT2D eigenvalue weighted by molar-refractivity contribution is 6.31. The number of aromatic nitrogens is 1. The molecule has 0 unspecified atom stereocenters. The summed E-state index contributed by atoms with van der Waals surface area (Å²) >= 11 is 11.9. The quantitative estimate of drug-likeness (QED) is 0.744. The van der Waals surface area contributed by atoms with Crippen molar-refractivity contribution in [3.05, 3.63) is 80.6 Å². The molecule has 1 N–H and O–H groups in total. The summed E-state index contributed by atoms with van der Waals surface area (Å²) in [4.78, 5) is 24.4. The van der Waals surface area contributed by atoms with E-state index in [4.69, 9.17) is 23.2 Å². The highest BCUT2D eigenvalue weighted by atomic mass is 35.5. The van der Waals surface area contributed by atoms with Gasteiger partial charge in [-0.1, -0.05) is 35.3 Å². The zero-order valence-electron chi connectivity index (χ0n) is 13.5. The maximum absolute atomic E-state index is 12.4. The molecule has 25 heavy (non-hydrogen) atoms. The molecule has 0 saturated heterocycles. The zero-order valence-corrected chi connectivity index (χ0v) is 15.0. The Balaban J connectivity index is 1.80. The molecule has 0 spiro atoms. The lowest BCUT2D eigenvalue weighted by Crippen LogP contribution is -2.30. The molecular formula is C19H16Cl2N2O2. The minimum Gasteiger partial charge on any atom is -0.348 e. The van der Waals surface area contributed by atoms with Gasteiger partial charge in [0.25, 0.3) is 0 Å². The molecule has 1 aromatic heterocycles. The SMILES string of the molecule is C[C@@H](NC(=O)Cn1ccc(=O)c2ccc(Cl)cc21)c1ccc(Cl)cc1. The molecule has 0 radical (unpaired) electrons. The number of pyridine rings is 1. The Kier molecular flexibility index (Phi) is 5.11. The van der Waals surface area contributed by atoms with Gasteiger partial charge in [-0.25, -0.2) is 0 Å². The van der Waals surface area contributed by atoms with Crippen LogP contribution in [0.25, 0.3) is 10.9 Å². The fraction of sp³-hybridized carbons (Fsp3) is 0.158. The summed E-state index contributed by atoms with van der Waals surface area (Å²) in [5.74, 6) is -0.160. The van der Waals surface area contributed by atoms with Gasteiger partial charge in [0.1, 0.15) is 6.54 Å². The van der Waals surface area contributed by atoms with Crippen LogP contribution in [0, 0.1) is 0 Å². The molecule has 1 amide bonds. The van der Waals surface area contributed by atoms with Gasteiger partial charge in [-0.2, -0.15) is 0 Å². The van der Waals surface area contributed by atoms with Gasteiger partial charge >= 0.3 is 0 Å². The number of nitrogens with one attached hydrogen (secondary N) is 1. The van der Waals surface area contributed by atoms with E-state index in [-0.39, 0.29) is 23.9 Å². The van der Waals surface area contributed by atoms with Gasteiger partial charge in [-0.3, -0.25) is 9.59 Å². The second kappa shape index (κ2) is 7.30. The maximum atomic E-state index is 12.4. The molecule has 4 nitrogen and oxygen atoms in total. The first-order valence-electron chi connectivity index (χ1n) is 7.77. The summed E-state index contributed by atoms with van der Waals surface area (Å²) < 4.78 is 1.71. The molecule has 0 saturated carbocycles. The van der Waals surface area contributed by atoms with Crippen LogP contribution in [0.4, 0.5) is 0 Å². The van der Waals surface area contributed by atoms with Gasteiger partial charge in [-0.15, -0.1) is 0 Å². The minimum atomic E-state index is -0.160. The first-order chi connectivity index (χ1) is 11.9. The van der Waals surface area contributed by atoms with E-state index in [2.05, 4.69) is 5.32 Å². The van der Waals surface area contributed by atoms with Gasteiger partial charge in [0.05, 0.1) is 11.6 Å². The lowest BCUT2D eigenvalue weighted by Gasteiger charge is -2.16. The molecule has 0 aliphatic heterocycles. The number of carbonyl (C=O) groups is 1. The van der Waals surface area contributed by atoms with E-state index in [0.29, 0.717) is 20.9 Å². The minimum absolute atomic E-state index is 0.0923. The highest BCUT2D eigenvalue weighted by Gasteiger charge is 2.12. The van der Waals surface area contributed by atoms with Crippen molar-refractivity contribution in [3.8, 4) is 0 Å². The van der Waals surface area contributed by atoms with E-state index >= 15 is 0 Å². The third-order valence-corrected chi connectivity index (χ3v) is 4.49. The molecule has 0 aliphatic carbocycles. The molecular weight excluding hydrogens is 359 g/mol. The van der Waals surface area contributed by atoms with Crippen molar-refractivity contribution in [2.45, 2.75) is 19.5 Å². The molecule has 1 atom stereocenters. The number of hydrogen-bond acceptors (Lipinski definition) is 2. The van der Waals surface area contributed by atoms with Crippen molar-refractivity contribution in [3.63, 3.8) is 0 Å². The van der Waals surface area contributed by atoms with E-state index in [1.165, 1.54) is 6.07 Å². The Morgan fingerprint density at radius 1 is 1.08 bits per heavy atom. The molecule has 2 aromatic carbocycles. The van der Waals surface area contributed by atoms with Gasteiger partial charge in [-0.05, 0) is 42.8 Å². The molecule has 1 heterocycles. The van der Waals surface area contributed by atoms with E-state index in [1.54, 1.807) is 41.1 Å². The Labute approximate surface area is 155 Å². The number of amides is 1. The zero-order chi connectivity index (χ0) is 18.0. The summed E-state index contributed by atoms with van der Waals surface area (Å²) in [6.07, 6.45) is 1.60. The lowest BCUT2D eigenvalue weighted by molar-refractivity contribution is -0.122. The predicted octanol–water partition coefficient (Wildman–Crippen LogP) is 4.19. The van der Waals surface area contributed by atoms with Crippen molar-refractivity contribution >= 4 is 40.0 Å². The van der Waals surface area contributed by atoms with Gasteiger partial charge in [0.2, 0.25) is 5.91 Å². The molecule has 3 rings (SSSR count). The van der Waals surface area contributed by atoms with Crippen LogP contribution in [-0.2, 0) is 11.3 Å². The van der Waals surface area contributed by atoms with Crippen LogP contribution >= 0.6 is 23.2 Å². The predicted molar refractivity (Wildman–Crippen MR) is 101 cm³/mol. The summed E-state index contributed by atoms with van der Waals surface area (Å²) in [6, 6.07) is 13.7. The fourth-order valence-corrected chi connectivity index (χ4v) is 2.99. The number of hydrogen-bond donors (Lipinski definition) is 1. The normalized spacial score (nSPS) is 12.1. The third-order valence-electron chi connectivity index (χ3n) is 4.00. The second-order valence-corrected chi connectivity index (χ2v) is 6.68. The smallest absolute Gasteiger partial charge is 0.240 e. The molecule has 6 heteroatoms. The molecule has 0 fully saturated rings. The van der Waals surface area contributed by atoms with Crippen LogP contribution in [0.2, 0.25) is 10.0 Å². The van der Waals surface area contributed by atoms with E-state index < -0.39 is 0 Å². The van der Waals surface area contributed by atoms with Crippen molar-refractivity contribution in [2.75, 3.05) is 0 Å². The largest absolute Gasteiger partial charge is 0.348 e. The summed E-state index contributed by atoms with van der Waals surface area (Å²) in [5, 5.41) is 4.64.